The Bertz CT molecular complexity index is 720. The number of fused-ring (bicyclic) bond motifs is 1. The van der Waals surface area contributed by atoms with E-state index >= 15 is 0 Å². The third kappa shape index (κ3) is 3.75. The maximum absolute atomic E-state index is 13.0. The van der Waals surface area contributed by atoms with Crippen molar-refractivity contribution in [3.8, 4) is 11.5 Å². The van der Waals surface area contributed by atoms with E-state index in [9.17, 15) is 9.59 Å². The van der Waals surface area contributed by atoms with Crippen LogP contribution >= 0.6 is 0 Å². The maximum Gasteiger partial charge on any atom is 0.260 e. The summed E-state index contributed by atoms with van der Waals surface area (Å²) >= 11 is 0. The molecule has 2 fully saturated rings. The summed E-state index contributed by atoms with van der Waals surface area (Å²) in [6, 6.07) is 5.72. The number of methoxy groups -OCH3 is 1. The smallest absolute Gasteiger partial charge is 0.260 e. The van der Waals surface area contributed by atoms with Gasteiger partial charge in [0.2, 0.25) is 5.91 Å². The average molecular weight is 374 g/mol. The zero-order valence-electron chi connectivity index (χ0n) is 16.8. The fourth-order valence-corrected chi connectivity index (χ4v) is 4.68. The van der Waals surface area contributed by atoms with E-state index in [1.807, 2.05) is 34.9 Å². The number of likely N-dealkylation sites (tertiary alicyclic amines) is 2. The molecule has 2 heterocycles. The zero-order chi connectivity index (χ0) is 19.6. The summed E-state index contributed by atoms with van der Waals surface area (Å²) in [5.74, 6) is 1.27. The largest absolute Gasteiger partial charge is 0.493 e. The molecule has 0 spiro atoms. The van der Waals surface area contributed by atoms with Crippen molar-refractivity contribution in [2.45, 2.75) is 58.0 Å². The van der Waals surface area contributed by atoms with Crippen molar-refractivity contribution < 1.29 is 19.1 Å². The third-order valence-electron chi connectivity index (χ3n) is 6.02. The highest BCUT2D eigenvalue weighted by Crippen LogP contribution is 2.39. The SMILES string of the molecule is COc1cc(C)ccc1OCC(=O)N1CCC[C@@]2(C)[C@@H]1CCCN2C(C)=O. The first-order chi connectivity index (χ1) is 12.9. The normalized spacial score (nSPS) is 25.0. The number of hydrogen-bond donors (Lipinski definition) is 0. The van der Waals surface area contributed by atoms with Crippen LogP contribution < -0.4 is 9.47 Å². The standard InChI is InChI=1S/C21H30N2O4/c1-15-8-9-17(18(13-15)26-4)27-14-20(25)22-11-6-10-21(3)19(22)7-5-12-23(21)16(2)24/h8-9,13,19H,5-7,10-12,14H2,1-4H3/t19-,21-/m0/s1. The first kappa shape index (κ1) is 19.5. The number of carbonyl (C=O) groups is 2. The molecule has 0 aliphatic carbocycles. The van der Waals surface area contributed by atoms with Gasteiger partial charge in [0.25, 0.3) is 5.91 Å². The number of hydrogen-bond acceptors (Lipinski definition) is 4. The molecule has 1 aromatic carbocycles. The lowest BCUT2D eigenvalue weighted by molar-refractivity contribution is -0.155. The number of nitrogens with zero attached hydrogens (tertiary/aromatic N) is 2. The monoisotopic (exact) mass is 374 g/mol. The van der Waals surface area contributed by atoms with E-state index in [-0.39, 0.29) is 30.0 Å². The highest BCUT2D eigenvalue weighted by atomic mass is 16.5. The van der Waals surface area contributed by atoms with Crippen molar-refractivity contribution in [2.75, 3.05) is 26.8 Å². The molecular formula is C21H30N2O4. The highest BCUT2D eigenvalue weighted by Gasteiger charge is 2.49. The lowest BCUT2D eigenvalue weighted by Crippen LogP contribution is -2.68. The number of amides is 2. The minimum Gasteiger partial charge on any atom is -0.493 e. The van der Waals surface area contributed by atoms with E-state index in [1.54, 1.807) is 14.0 Å². The molecular weight excluding hydrogens is 344 g/mol. The summed E-state index contributed by atoms with van der Waals surface area (Å²) in [4.78, 5) is 29.0. The van der Waals surface area contributed by atoms with E-state index in [2.05, 4.69) is 6.92 Å². The first-order valence-electron chi connectivity index (χ1n) is 9.72. The van der Waals surface area contributed by atoms with E-state index in [0.29, 0.717) is 11.5 Å². The molecule has 6 heteroatoms. The van der Waals surface area contributed by atoms with Crippen LogP contribution in [0, 0.1) is 6.92 Å². The Morgan fingerprint density at radius 2 is 2.00 bits per heavy atom. The molecule has 2 atom stereocenters. The van der Waals surface area contributed by atoms with E-state index in [0.717, 1.165) is 44.3 Å². The summed E-state index contributed by atoms with van der Waals surface area (Å²) in [5, 5.41) is 0. The predicted molar refractivity (Wildman–Crippen MR) is 103 cm³/mol. The molecule has 27 heavy (non-hydrogen) atoms. The van der Waals surface area contributed by atoms with Gasteiger partial charge in [0, 0.05) is 20.0 Å². The summed E-state index contributed by atoms with van der Waals surface area (Å²) in [7, 11) is 1.60. The Labute approximate surface area is 161 Å². The maximum atomic E-state index is 13.0. The molecule has 148 valence electrons. The van der Waals surface area contributed by atoms with Gasteiger partial charge in [-0.15, -0.1) is 0 Å². The lowest BCUT2D eigenvalue weighted by Gasteiger charge is -2.56. The third-order valence-corrected chi connectivity index (χ3v) is 6.02. The van der Waals surface area contributed by atoms with Gasteiger partial charge in [-0.05, 0) is 57.2 Å². The summed E-state index contributed by atoms with van der Waals surface area (Å²) in [5.41, 5.74) is 0.795. The first-order valence-corrected chi connectivity index (χ1v) is 9.72. The highest BCUT2D eigenvalue weighted by molar-refractivity contribution is 5.79. The summed E-state index contributed by atoms with van der Waals surface area (Å²) < 4.78 is 11.1. The van der Waals surface area contributed by atoms with Gasteiger partial charge in [-0.25, -0.2) is 0 Å². The minimum absolute atomic E-state index is 0.0218. The second-order valence-electron chi connectivity index (χ2n) is 7.82. The Kier molecular flexibility index (Phi) is 5.63. The number of aryl methyl sites for hydroxylation is 1. The molecule has 2 saturated heterocycles. The van der Waals surface area contributed by atoms with Crippen molar-refractivity contribution in [3.63, 3.8) is 0 Å². The van der Waals surface area contributed by atoms with Crippen LogP contribution in [0.2, 0.25) is 0 Å². The Morgan fingerprint density at radius 3 is 2.70 bits per heavy atom. The average Bonchev–Trinajstić information content (AvgIpc) is 2.64. The molecule has 0 radical (unpaired) electrons. The molecule has 6 nitrogen and oxygen atoms in total. The van der Waals surface area contributed by atoms with Gasteiger partial charge in [-0.2, -0.15) is 0 Å². The number of piperidine rings is 2. The van der Waals surface area contributed by atoms with Crippen LogP contribution in [-0.2, 0) is 9.59 Å². The van der Waals surface area contributed by atoms with E-state index in [1.165, 1.54) is 0 Å². The number of benzene rings is 1. The molecule has 2 amide bonds. The molecule has 2 aliphatic heterocycles. The fraction of sp³-hybridized carbons (Fsp3) is 0.619. The number of carbonyl (C=O) groups excluding carboxylic acids is 2. The van der Waals surface area contributed by atoms with Gasteiger partial charge in [0.05, 0.1) is 18.7 Å². The molecule has 1 aromatic rings. The second-order valence-corrected chi connectivity index (χ2v) is 7.82. The Hall–Kier alpha value is -2.24. The Morgan fingerprint density at radius 1 is 1.22 bits per heavy atom. The number of rotatable bonds is 4. The predicted octanol–water partition coefficient (Wildman–Crippen LogP) is 2.77. The van der Waals surface area contributed by atoms with Crippen molar-refractivity contribution in [2.24, 2.45) is 0 Å². The van der Waals surface area contributed by atoms with Crippen molar-refractivity contribution >= 4 is 11.8 Å². The van der Waals surface area contributed by atoms with E-state index in [4.69, 9.17) is 9.47 Å². The van der Waals surface area contributed by atoms with Crippen molar-refractivity contribution in [1.82, 2.24) is 9.80 Å². The number of ether oxygens (including phenoxy) is 2. The van der Waals surface area contributed by atoms with Crippen LogP contribution in [0.4, 0.5) is 0 Å². The topological polar surface area (TPSA) is 59.1 Å². The van der Waals surface area contributed by atoms with Crippen molar-refractivity contribution in [3.05, 3.63) is 23.8 Å². The van der Waals surface area contributed by atoms with Crippen LogP contribution in [0.1, 0.15) is 45.1 Å². The summed E-state index contributed by atoms with van der Waals surface area (Å²) in [6.45, 7) is 7.21. The van der Waals surface area contributed by atoms with Crippen LogP contribution in [0.5, 0.6) is 11.5 Å². The molecule has 0 bridgehead atoms. The molecule has 0 N–H and O–H groups in total. The van der Waals surface area contributed by atoms with Crippen LogP contribution in [0.25, 0.3) is 0 Å². The minimum atomic E-state index is -0.278. The lowest BCUT2D eigenvalue weighted by atomic mass is 9.76. The van der Waals surface area contributed by atoms with Crippen molar-refractivity contribution in [1.29, 1.82) is 0 Å². The zero-order valence-corrected chi connectivity index (χ0v) is 16.8. The second kappa shape index (κ2) is 7.79. The Balaban J connectivity index is 1.72. The summed E-state index contributed by atoms with van der Waals surface area (Å²) in [6.07, 6.45) is 3.69. The molecule has 0 unspecified atom stereocenters. The molecule has 2 aliphatic rings. The molecule has 0 aromatic heterocycles. The molecule has 3 rings (SSSR count). The fourth-order valence-electron chi connectivity index (χ4n) is 4.68. The van der Waals surface area contributed by atoms with Gasteiger partial charge in [0.15, 0.2) is 18.1 Å². The van der Waals surface area contributed by atoms with Gasteiger partial charge in [0.1, 0.15) is 0 Å². The van der Waals surface area contributed by atoms with E-state index < -0.39 is 0 Å². The van der Waals surface area contributed by atoms with Gasteiger partial charge < -0.3 is 19.3 Å². The van der Waals surface area contributed by atoms with Crippen LogP contribution in [-0.4, -0.2) is 60.0 Å². The van der Waals surface area contributed by atoms with Gasteiger partial charge in [-0.3, -0.25) is 9.59 Å². The van der Waals surface area contributed by atoms with Crippen LogP contribution in [0.3, 0.4) is 0 Å². The van der Waals surface area contributed by atoms with Crippen LogP contribution in [0.15, 0.2) is 18.2 Å². The van der Waals surface area contributed by atoms with Gasteiger partial charge in [-0.1, -0.05) is 6.07 Å². The van der Waals surface area contributed by atoms with Gasteiger partial charge >= 0.3 is 0 Å². The molecule has 0 saturated carbocycles. The quantitative estimate of drug-likeness (QED) is 0.813.